The van der Waals surface area contributed by atoms with E-state index in [1.807, 2.05) is 20.8 Å². The first-order valence-electron chi connectivity index (χ1n) is 14.7. The summed E-state index contributed by atoms with van der Waals surface area (Å²) in [6.45, 7) is 20.4. The number of fused-ring (bicyclic) bond motifs is 1. The Hall–Kier alpha value is -3.06. The number of aromatic nitrogens is 4. The summed E-state index contributed by atoms with van der Waals surface area (Å²) in [4.78, 5) is 34.9. The van der Waals surface area contributed by atoms with Crippen LogP contribution in [0.15, 0.2) is 19.0 Å². The van der Waals surface area contributed by atoms with Crippen molar-refractivity contribution in [3.8, 4) is 0 Å². The number of nitrogens with two attached hydrogens (primary N) is 2. The number of esters is 2. The van der Waals surface area contributed by atoms with E-state index in [4.69, 9.17) is 20.7 Å². The largest absolute Gasteiger partial charge is 0.469 e. The van der Waals surface area contributed by atoms with Gasteiger partial charge in [-0.2, -0.15) is 9.97 Å². The predicted molar refractivity (Wildman–Crippen MR) is 174 cm³/mol. The van der Waals surface area contributed by atoms with Crippen molar-refractivity contribution in [2.45, 2.75) is 87.2 Å². The van der Waals surface area contributed by atoms with E-state index < -0.39 is 19.5 Å². The Morgan fingerprint density at radius 2 is 1.77 bits per heavy atom. The maximum absolute atomic E-state index is 12.5. The fourth-order valence-electron chi connectivity index (χ4n) is 2.88. The van der Waals surface area contributed by atoms with Gasteiger partial charge in [0.2, 0.25) is 13.4 Å². The number of carbonyl (C=O) groups is 2. The summed E-state index contributed by atoms with van der Waals surface area (Å²) in [5.41, 5.74) is 12.7. The first-order chi connectivity index (χ1) is 20.4. The Balaban J connectivity index is 0. The van der Waals surface area contributed by atoms with Gasteiger partial charge in [0.15, 0.2) is 17.0 Å². The minimum absolute atomic E-state index is 0.00463. The van der Waals surface area contributed by atoms with Gasteiger partial charge in [0, 0.05) is 13.1 Å². The van der Waals surface area contributed by atoms with Gasteiger partial charge in [0.25, 0.3) is 0 Å². The third-order valence-corrected chi connectivity index (χ3v) is 6.23. The minimum atomic E-state index is -3.39. The minimum Gasteiger partial charge on any atom is -0.469 e. The molecule has 43 heavy (non-hydrogen) atoms. The topological polar surface area (TPSA) is 199 Å². The number of nitrogen functional groups attached to an aromatic ring is 1. The van der Waals surface area contributed by atoms with Gasteiger partial charge in [-0.05, 0) is 13.3 Å². The van der Waals surface area contributed by atoms with Crippen molar-refractivity contribution in [2.24, 2.45) is 11.4 Å². The summed E-state index contributed by atoms with van der Waals surface area (Å²) in [6.07, 6.45) is 5.98. The van der Waals surface area contributed by atoms with Gasteiger partial charge in [-0.3, -0.25) is 19.7 Å². The lowest BCUT2D eigenvalue weighted by atomic mass is 10.2. The fourth-order valence-corrected chi connectivity index (χ4v) is 4.11. The predicted octanol–water partition coefficient (Wildman–Crippen LogP) is 4.71. The number of carbonyl (C=O) groups excluding carboxylic acids is 2. The molecular weight excluding hydrogens is 575 g/mol. The molecule has 2 heterocycles. The smallest absolute Gasteiger partial charge is 0.323 e. The summed E-state index contributed by atoms with van der Waals surface area (Å²) in [6, 6.07) is -0.796. The molecule has 0 radical (unpaired) electrons. The van der Waals surface area contributed by atoms with Crippen LogP contribution in [-0.2, 0) is 34.9 Å². The second-order valence-corrected chi connectivity index (χ2v) is 11.4. The molecule has 0 spiro atoms. The zero-order valence-corrected chi connectivity index (χ0v) is 28.4. The zero-order chi connectivity index (χ0) is 33.4. The summed E-state index contributed by atoms with van der Waals surface area (Å²) in [5.74, 6) is -0.0260. The van der Waals surface area contributed by atoms with Crippen LogP contribution in [0.4, 0.5) is 11.8 Å². The van der Waals surface area contributed by atoms with Crippen LogP contribution in [0.5, 0.6) is 0 Å². The summed E-state index contributed by atoms with van der Waals surface area (Å²) in [7, 11) is -2.00. The van der Waals surface area contributed by atoms with Crippen LogP contribution in [0.1, 0.15) is 74.7 Å². The lowest BCUT2D eigenvalue weighted by Crippen LogP contribution is -2.36. The maximum atomic E-state index is 12.5. The molecule has 0 aliphatic heterocycles. The van der Waals surface area contributed by atoms with Gasteiger partial charge in [-0.15, -0.1) is 6.58 Å². The van der Waals surface area contributed by atoms with Crippen molar-refractivity contribution in [3.05, 3.63) is 19.0 Å². The molecule has 2 rings (SSSR count). The molecule has 15 heteroatoms. The van der Waals surface area contributed by atoms with Crippen molar-refractivity contribution in [2.75, 3.05) is 44.3 Å². The van der Waals surface area contributed by atoms with E-state index in [0.717, 1.165) is 12.8 Å². The lowest BCUT2D eigenvalue weighted by molar-refractivity contribution is -0.145. The number of nitrogens with one attached hydrogen (secondary N) is 2. The first-order valence-corrected chi connectivity index (χ1v) is 16.6. The normalized spacial score (nSPS) is 12.3. The Kier molecular flexibility index (Phi) is 23.9. The number of nitrogens with zero attached hydrogens (tertiary/aromatic N) is 4. The van der Waals surface area contributed by atoms with Crippen molar-refractivity contribution in [3.63, 3.8) is 0 Å². The van der Waals surface area contributed by atoms with Crippen molar-refractivity contribution < 1.29 is 28.4 Å². The number of ether oxygens (including phenoxy) is 3. The van der Waals surface area contributed by atoms with E-state index in [1.165, 1.54) is 13.5 Å². The Morgan fingerprint density at radius 1 is 1.14 bits per heavy atom. The molecule has 2 atom stereocenters. The first kappa shape index (κ1) is 42.1. The molecule has 0 aliphatic carbocycles. The zero-order valence-electron chi connectivity index (χ0n) is 27.5. The average molecular weight is 631 g/mol. The Bertz CT molecular complexity index is 1110. The number of rotatable bonds is 15. The van der Waals surface area contributed by atoms with Gasteiger partial charge in [-0.1, -0.05) is 67.4 Å². The number of hydrogen-bond donors (Lipinski definition) is 4. The highest BCUT2D eigenvalue weighted by molar-refractivity contribution is 7.59. The highest BCUT2D eigenvalue weighted by Crippen LogP contribution is 2.31. The molecule has 14 nitrogen and oxygen atoms in total. The second kappa shape index (κ2) is 24.4. The molecule has 2 aromatic rings. The van der Waals surface area contributed by atoms with Crippen LogP contribution in [0.25, 0.3) is 11.2 Å². The molecule has 0 aromatic carbocycles. The molecule has 0 saturated carbocycles. The molecule has 0 bridgehead atoms. The van der Waals surface area contributed by atoms with Crippen LogP contribution in [0.2, 0.25) is 0 Å². The van der Waals surface area contributed by atoms with Gasteiger partial charge in [0.1, 0.15) is 12.4 Å². The van der Waals surface area contributed by atoms with Gasteiger partial charge < -0.3 is 29.8 Å². The number of anilines is 2. The molecule has 0 aliphatic rings. The molecule has 0 amide bonds. The Morgan fingerprint density at radius 3 is 2.28 bits per heavy atom. The van der Waals surface area contributed by atoms with E-state index >= 15 is 0 Å². The summed E-state index contributed by atoms with van der Waals surface area (Å²) >= 11 is 0. The SMILES string of the molecule is C=CCNc1nc(N)nc2c1ncn2CCOCP(N)(=O)NC(C)C(=O)OCCCC.CC.CCC.COC(=O)C(C)C. The number of methoxy groups -OCH3 is 1. The van der Waals surface area contributed by atoms with Crippen molar-refractivity contribution >= 4 is 42.3 Å². The van der Waals surface area contributed by atoms with Gasteiger partial charge >= 0.3 is 11.9 Å². The van der Waals surface area contributed by atoms with Crippen molar-refractivity contribution in [1.82, 2.24) is 24.6 Å². The Labute approximate surface area is 257 Å². The van der Waals surface area contributed by atoms with E-state index in [1.54, 1.807) is 37.7 Å². The van der Waals surface area contributed by atoms with Crippen LogP contribution >= 0.6 is 7.44 Å². The van der Waals surface area contributed by atoms with Crippen LogP contribution in [0, 0.1) is 5.92 Å². The van der Waals surface area contributed by atoms with Gasteiger partial charge in [0.05, 0.1) is 32.6 Å². The molecule has 2 unspecified atom stereocenters. The van der Waals surface area contributed by atoms with Crippen LogP contribution < -0.4 is 21.6 Å². The number of imidazole rings is 1. The fraction of sp³-hybridized carbons (Fsp3) is 0.679. The van der Waals surface area contributed by atoms with E-state index in [9.17, 15) is 14.2 Å². The van der Waals surface area contributed by atoms with E-state index in [2.05, 4.69) is 50.5 Å². The quantitative estimate of drug-likeness (QED) is 0.0913. The third-order valence-electron chi connectivity index (χ3n) is 4.84. The summed E-state index contributed by atoms with van der Waals surface area (Å²) in [5, 5.41) is 5.67. The molecular formula is C28H55N8O6P. The third kappa shape index (κ3) is 18.3. The standard InChI is InChI=1S/C18H31N8O4P.C5H10O2.C3H8.C2H6/c1-4-6-9-30-17(27)13(3)25-31(20,28)12-29-10-8-26-11-22-14-15(21-7-5-2)23-18(19)24-16(14)26;1-4(2)5(6)7-3;1-3-2;1-2/h5,11,13H,2,4,6-10,12H2,1,3H3,(H3,20,25,28)(H3,19,21,23,24);4H,1-3H3;3H2,1-2H3;1-2H3. The lowest BCUT2D eigenvalue weighted by Gasteiger charge is -2.19. The highest BCUT2D eigenvalue weighted by Gasteiger charge is 2.24. The summed E-state index contributed by atoms with van der Waals surface area (Å²) < 4.78 is 29.2. The molecule has 2 aromatic heterocycles. The number of hydrogen-bond acceptors (Lipinski definition) is 11. The van der Waals surface area contributed by atoms with Crippen LogP contribution in [-0.4, -0.2) is 70.7 Å². The molecule has 6 N–H and O–H groups in total. The maximum Gasteiger partial charge on any atom is 0.323 e. The van der Waals surface area contributed by atoms with Gasteiger partial charge in [-0.25, -0.2) is 10.1 Å². The average Bonchev–Trinajstić information content (AvgIpc) is 3.37. The van der Waals surface area contributed by atoms with Crippen molar-refractivity contribution in [1.29, 1.82) is 0 Å². The second-order valence-electron chi connectivity index (χ2n) is 9.30. The number of unbranched alkanes of at least 4 members (excludes halogenated alkanes) is 1. The highest BCUT2D eigenvalue weighted by atomic mass is 31.2. The molecule has 0 saturated heterocycles. The van der Waals surface area contributed by atoms with Crippen LogP contribution in [0.3, 0.4) is 0 Å². The van der Waals surface area contributed by atoms with E-state index in [0.29, 0.717) is 36.7 Å². The van der Waals surface area contributed by atoms with E-state index in [-0.39, 0.29) is 30.8 Å². The molecule has 0 fully saturated rings. The molecule has 248 valence electrons. The monoisotopic (exact) mass is 630 g/mol.